The number of amides is 1. The van der Waals surface area contributed by atoms with Gasteiger partial charge in [0.1, 0.15) is 18.0 Å². The van der Waals surface area contributed by atoms with Gasteiger partial charge in [-0.2, -0.15) is 0 Å². The summed E-state index contributed by atoms with van der Waals surface area (Å²) in [6.45, 7) is 0.966. The molecule has 0 fully saturated rings. The fourth-order valence-corrected chi connectivity index (χ4v) is 4.57. The molecule has 0 bridgehead atoms. The molecule has 1 unspecified atom stereocenters. The summed E-state index contributed by atoms with van der Waals surface area (Å²) in [5.74, 6) is -1.26. The maximum Gasteiger partial charge on any atom is 0.351 e. The van der Waals surface area contributed by atoms with E-state index in [1.165, 1.54) is 35.2 Å². The lowest BCUT2D eigenvalue weighted by atomic mass is 9.98. The number of nitrogens with zero attached hydrogens (tertiary/aromatic N) is 1. The fraction of sp³-hybridized carbons (Fsp3) is 0.120. The Kier molecular flexibility index (Phi) is 4.38. The third kappa shape index (κ3) is 3.08. The molecule has 0 radical (unpaired) electrons. The molecular formula is C25H20N2O4. The van der Waals surface area contributed by atoms with Crippen LogP contribution in [0.1, 0.15) is 32.0 Å². The number of nitrogens with one attached hydrogen (secondary N) is 1. The minimum atomic E-state index is -1.25. The summed E-state index contributed by atoms with van der Waals surface area (Å²) in [6, 6.07) is 20.7. The molecule has 5 rings (SSSR count). The Hall–Kier alpha value is -3.90. The van der Waals surface area contributed by atoms with Crippen molar-refractivity contribution in [2.45, 2.75) is 13.0 Å². The van der Waals surface area contributed by atoms with Gasteiger partial charge in [-0.1, -0.05) is 18.2 Å². The first-order valence-corrected chi connectivity index (χ1v) is 10.1. The van der Waals surface area contributed by atoms with Gasteiger partial charge in [0, 0.05) is 29.5 Å². The normalized spacial score (nSPS) is 17.9. The maximum atomic E-state index is 13.8. The Balaban J connectivity index is 1.65. The minimum absolute atomic E-state index is 0.0257. The van der Waals surface area contributed by atoms with Crippen molar-refractivity contribution >= 4 is 28.5 Å². The van der Waals surface area contributed by atoms with Crippen LogP contribution in [0.25, 0.3) is 10.9 Å². The molecule has 31 heavy (non-hydrogen) atoms. The summed E-state index contributed by atoms with van der Waals surface area (Å²) in [7, 11) is 0. The highest BCUT2D eigenvalue weighted by Crippen LogP contribution is 2.37. The molecule has 1 aliphatic rings. The van der Waals surface area contributed by atoms with Crippen LogP contribution in [0.4, 0.5) is 5.69 Å². The zero-order chi connectivity index (χ0) is 21.6. The first-order valence-electron chi connectivity index (χ1n) is 10.1. The van der Waals surface area contributed by atoms with E-state index in [2.05, 4.69) is 11.1 Å². The van der Waals surface area contributed by atoms with Crippen molar-refractivity contribution in [3.05, 3.63) is 95.2 Å². The summed E-state index contributed by atoms with van der Waals surface area (Å²) in [5, 5.41) is 22.0. The monoisotopic (exact) mass is 412 g/mol. The number of hydrogen-bond acceptors (Lipinski definition) is 4. The number of para-hydroxylation sites is 1. The number of phenols is 1. The van der Waals surface area contributed by atoms with Crippen molar-refractivity contribution in [1.82, 2.24) is 9.47 Å². The van der Waals surface area contributed by atoms with Crippen molar-refractivity contribution in [1.29, 1.82) is 0 Å². The zero-order valence-corrected chi connectivity index (χ0v) is 16.7. The average Bonchev–Trinajstić information content (AvgIpc) is 3.16. The van der Waals surface area contributed by atoms with E-state index in [1.807, 2.05) is 18.2 Å². The highest BCUT2D eigenvalue weighted by atomic mass is 16.4. The molecule has 6 nitrogen and oxygen atoms in total. The molecule has 0 spiro atoms. The van der Waals surface area contributed by atoms with E-state index in [9.17, 15) is 19.8 Å². The topological polar surface area (TPSA) is 93.2 Å². The van der Waals surface area contributed by atoms with Crippen molar-refractivity contribution in [2.75, 3.05) is 6.54 Å². The second kappa shape index (κ2) is 7.11. The smallest absolute Gasteiger partial charge is 0.351 e. The number of hydrogen-bond donors (Lipinski definition) is 2. The van der Waals surface area contributed by atoms with Crippen LogP contribution in [0, 0.1) is 0 Å². The number of benzene rings is 3. The van der Waals surface area contributed by atoms with E-state index in [4.69, 9.17) is 0 Å². The first-order chi connectivity index (χ1) is 15.0. The van der Waals surface area contributed by atoms with E-state index in [0.717, 1.165) is 11.2 Å². The molecule has 1 aliphatic heterocycles. The number of carbonyl (C=O) groups is 2. The van der Waals surface area contributed by atoms with Crippen LogP contribution in [-0.4, -0.2) is 28.5 Å². The van der Waals surface area contributed by atoms with Gasteiger partial charge in [-0.3, -0.25) is 0 Å². The van der Waals surface area contributed by atoms with E-state index in [0.29, 0.717) is 30.8 Å². The standard InChI is InChI=1S/C25H20N2O4/c28-19-11-7-16(8-12-19)24(29)27(18-9-5-17(6-10-18)25(30)31)14-13-21-20-3-1-2-4-22(20)26-23(21)15-27/h1-12,26H,13-15H2,(H-,28,29,30,31). The second-order valence-electron chi connectivity index (χ2n) is 7.91. The number of carboxylic acids is 1. The molecule has 2 heterocycles. The maximum absolute atomic E-state index is 13.8. The summed E-state index contributed by atoms with van der Waals surface area (Å²) < 4.78 is 0.0257. The SMILES string of the molecule is O=C([O-])c1ccc([N+]2(C(=O)c3ccc(O)cc3)CCc3c([nH]c4ccccc34)C2)cc1. The minimum Gasteiger partial charge on any atom is -0.545 e. The van der Waals surface area contributed by atoms with Gasteiger partial charge in [0.05, 0.1) is 23.8 Å². The van der Waals surface area contributed by atoms with E-state index >= 15 is 0 Å². The molecule has 3 aromatic carbocycles. The van der Waals surface area contributed by atoms with Crippen LogP contribution in [0.5, 0.6) is 5.75 Å². The molecule has 0 saturated heterocycles. The Bertz CT molecular complexity index is 1310. The van der Waals surface area contributed by atoms with Crippen molar-refractivity contribution in [3.63, 3.8) is 0 Å². The Morgan fingerprint density at radius 2 is 1.58 bits per heavy atom. The van der Waals surface area contributed by atoms with Crippen molar-refractivity contribution in [2.24, 2.45) is 0 Å². The summed E-state index contributed by atoms with van der Waals surface area (Å²) in [6.07, 6.45) is 0.700. The average molecular weight is 412 g/mol. The number of quaternary nitrogens is 1. The number of rotatable bonds is 3. The lowest BCUT2D eigenvalue weighted by Gasteiger charge is -2.38. The third-order valence-corrected chi connectivity index (χ3v) is 6.17. The van der Waals surface area contributed by atoms with Crippen LogP contribution in [0.3, 0.4) is 0 Å². The highest BCUT2D eigenvalue weighted by Gasteiger charge is 2.44. The van der Waals surface area contributed by atoms with Crippen LogP contribution in [-0.2, 0) is 13.0 Å². The predicted octanol–water partition coefficient (Wildman–Crippen LogP) is 3.14. The first kappa shape index (κ1) is 19.1. The molecule has 0 saturated carbocycles. The summed E-state index contributed by atoms with van der Waals surface area (Å²) in [5.41, 5.74) is 4.53. The number of fused-ring (bicyclic) bond motifs is 3. The van der Waals surface area contributed by atoms with Gasteiger partial charge in [0.15, 0.2) is 0 Å². The summed E-state index contributed by atoms with van der Waals surface area (Å²) >= 11 is 0. The molecule has 0 aliphatic carbocycles. The molecule has 154 valence electrons. The quantitative estimate of drug-likeness (QED) is 0.506. The lowest BCUT2D eigenvalue weighted by molar-refractivity contribution is -0.255. The molecule has 4 aromatic rings. The summed E-state index contributed by atoms with van der Waals surface area (Å²) in [4.78, 5) is 28.5. The number of aromatic nitrogens is 1. The van der Waals surface area contributed by atoms with Crippen molar-refractivity contribution in [3.8, 4) is 5.75 Å². The number of H-pyrrole nitrogens is 1. The van der Waals surface area contributed by atoms with Crippen LogP contribution in [0.15, 0.2) is 72.8 Å². The number of aromatic carboxylic acids is 1. The van der Waals surface area contributed by atoms with E-state index in [1.54, 1.807) is 24.3 Å². The van der Waals surface area contributed by atoms with Gasteiger partial charge in [0.2, 0.25) is 0 Å². The van der Waals surface area contributed by atoms with Gasteiger partial charge in [-0.25, -0.2) is 9.28 Å². The molecule has 6 heteroatoms. The Labute approximate surface area is 178 Å². The van der Waals surface area contributed by atoms with E-state index < -0.39 is 5.97 Å². The van der Waals surface area contributed by atoms with Crippen LogP contribution in [0.2, 0.25) is 0 Å². The van der Waals surface area contributed by atoms with Gasteiger partial charge < -0.3 is 20.0 Å². The van der Waals surface area contributed by atoms with Gasteiger partial charge >= 0.3 is 5.91 Å². The number of aromatic amines is 1. The molecular weight excluding hydrogens is 392 g/mol. The third-order valence-electron chi connectivity index (χ3n) is 6.17. The number of carbonyl (C=O) groups excluding carboxylic acids is 2. The Morgan fingerprint density at radius 1 is 0.903 bits per heavy atom. The van der Waals surface area contributed by atoms with E-state index in [-0.39, 0.29) is 21.7 Å². The molecule has 1 aromatic heterocycles. The fourth-order valence-electron chi connectivity index (χ4n) is 4.57. The number of aromatic hydroxyl groups is 1. The number of phenolic OH excluding ortho intramolecular Hbond substituents is 1. The lowest BCUT2D eigenvalue weighted by Crippen LogP contribution is -2.56. The Morgan fingerprint density at radius 3 is 2.29 bits per heavy atom. The van der Waals surface area contributed by atoms with Crippen LogP contribution >= 0.6 is 0 Å². The second-order valence-corrected chi connectivity index (χ2v) is 7.91. The largest absolute Gasteiger partial charge is 0.545 e. The highest BCUT2D eigenvalue weighted by molar-refractivity contribution is 6.03. The number of carboxylic acid groups (broad SMARTS) is 1. The van der Waals surface area contributed by atoms with Gasteiger partial charge in [-0.15, -0.1) is 0 Å². The molecule has 1 atom stereocenters. The van der Waals surface area contributed by atoms with Gasteiger partial charge in [-0.05, 0) is 53.6 Å². The van der Waals surface area contributed by atoms with Crippen molar-refractivity contribution < 1.29 is 19.8 Å². The predicted molar refractivity (Wildman–Crippen MR) is 116 cm³/mol. The molecule has 2 N–H and O–H groups in total. The molecule has 1 amide bonds. The zero-order valence-electron chi connectivity index (χ0n) is 16.7. The van der Waals surface area contributed by atoms with Gasteiger partial charge in [0.25, 0.3) is 0 Å². The van der Waals surface area contributed by atoms with Crippen LogP contribution < -0.4 is 9.59 Å².